The minimum absolute atomic E-state index is 0.00869. The average Bonchev–Trinajstić information content (AvgIpc) is 3.64. The Labute approximate surface area is 217 Å². The number of benzene rings is 1. The highest BCUT2D eigenvalue weighted by Crippen LogP contribution is 2.49. The molecule has 2 heterocycles. The summed E-state index contributed by atoms with van der Waals surface area (Å²) in [6, 6.07) is 10.1. The quantitative estimate of drug-likeness (QED) is 0.567. The first-order chi connectivity index (χ1) is 17.9. The van der Waals surface area contributed by atoms with Crippen LogP contribution in [0.25, 0.3) is 0 Å². The first-order valence-electron chi connectivity index (χ1n) is 13.6. The summed E-state index contributed by atoms with van der Waals surface area (Å²) in [4.78, 5) is 45.5. The van der Waals surface area contributed by atoms with Gasteiger partial charge in [-0.05, 0) is 55.7 Å². The molecule has 1 aromatic carbocycles. The molecule has 37 heavy (non-hydrogen) atoms. The number of rotatable bonds is 7. The van der Waals surface area contributed by atoms with Crippen LogP contribution in [0.15, 0.2) is 53.8 Å². The second-order valence-corrected chi connectivity index (χ2v) is 11.0. The van der Waals surface area contributed by atoms with E-state index in [1.807, 2.05) is 47.4 Å². The topological polar surface area (TPSA) is 79.4 Å². The molecule has 2 unspecified atom stereocenters. The van der Waals surface area contributed by atoms with Crippen LogP contribution in [0, 0.1) is 11.8 Å². The summed E-state index contributed by atoms with van der Waals surface area (Å²) in [5.41, 5.74) is 1.87. The zero-order valence-corrected chi connectivity index (χ0v) is 21.4. The van der Waals surface area contributed by atoms with E-state index in [1.165, 1.54) is 4.90 Å². The van der Waals surface area contributed by atoms with Crippen LogP contribution in [0.1, 0.15) is 38.2 Å². The van der Waals surface area contributed by atoms with Crippen molar-refractivity contribution in [3.8, 4) is 0 Å². The molecular weight excluding hydrogens is 470 g/mol. The maximum atomic E-state index is 13.6. The van der Waals surface area contributed by atoms with Crippen molar-refractivity contribution in [1.82, 2.24) is 14.7 Å². The van der Waals surface area contributed by atoms with Crippen molar-refractivity contribution in [1.29, 1.82) is 0 Å². The number of allylic oxidation sites excluding steroid dienone is 3. The number of carbonyl (C=O) groups excluding carboxylic acids is 3. The predicted octanol–water partition coefficient (Wildman–Crippen LogP) is 3.14. The van der Waals surface area contributed by atoms with E-state index in [1.54, 1.807) is 0 Å². The molecule has 2 saturated carbocycles. The van der Waals surface area contributed by atoms with Crippen molar-refractivity contribution in [2.24, 2.45) is 11.8 Å². The molecule has 8 nitrogen and oxygen atoms in total. The molecule has 1 aromatic rings. The van der Waals surface area contributed by atoms with Gasteiger partial charge in [-0.1, -0.05) is 36.4 Å². The minimum atomic E-state index is -0.822. The molecule has 0 radical (unpaired) electrons. The highest BCUT2D eigenvalue weighted by Gasteiger charge is 2.56. The molecule has 2 saturated heterocycles. The molecule has 196 valence electrons. The van der Waals surface area contributed by atoms with Gasteiger partial charge in [0, 0.05) is 31.6 Å². The maximum absolute atomic E-state index is 13.6. The van der Waals surface area contributed by atoms with E-state index in [4.69, 9.17) is 9.47 Å². The Morgan fingerprint density at radius 2 is 1.86 bits per heavy atom. The molecule has 8 heteroatoms. The molecule has 2 amide bonds. The Bertz CT molecular complexity index is 1140. The van der Waals surface area contributed by atoms with Crippen LogP contribution >= 0.6 is 0 Å². The van der Waals surface area contributed by atoms with Gasteiger partial charge in [-0.15, -0.1) is 0 Å². The summed E-state index contributed by atoms with van der Waals surface area (Å²) in [7, 11) is 0. The van der Waals surface area contributed by atoms with Gasteiger partial charge >= 0.3 is 6.09 Å². The molecule has 2 aliphatic heterocycles. The lowest BCUT2D eigenvalue weighted by Crippen LogP contribution is -2.46. The SMILES string of the molecule is C[C@@H](C1CC1)N(Cc1ccccc1)C(=O)CN1CC2(CCC3C(=O)C(N4CCOCC4)=CC=C32)OC1=O. The second-order valence-electron chi connectivity index (χ2n) is 11.0. The summed E-state index contributed by atoms with van der Waals surface area (Å²) in [6.07, 6.45) is 6.93. The molecule has 3 aliphatic carbocycles. The summed E-state index contributed by atoms with van der Waals surface area (Å²) in [5.74, 6) is 0.297. The lowest BCUT2D eigenvalue weighted by Gasteiger charge is -2.34. The van der Waals surface area contributed by atoms with Crippen molar-refractivity contribution in [3.63, 3.8) is 0 Å². The van der Waals surface area contributed by atoms with Gasteiger partial charge in [-0.2, -0.15) is 0 Å². The minimum Gasteiger partial charge on any atom is -0.436 e. The third-order valence-electron chi connectivity index (χ3n) is 8.71. The first-order valence-corrected chi connectivity index (χ1v) is 13.6. The third kappa shape index (κ3) is 4.56. The fraction of sp³-hybridized carbons (Fsp3) is 0.552. The number of ether oxygens (including phenoxy) is 2. The molecule has 1 spiro atoms. The van der Waals surface area contributed by atoms with Gasteiger partial charge in [0.25, 0.3) is 0 Å². The largest absolute Gasteiger partial charge is 0.436 e. The van der Waals surface area contributed by atoms with Crippen LogP contribution in [-0.2, 0) is 25.6 Å². The van der Waals surface area contributed by atoms with Crippen LogP contribution in [0.5, 0.6) is 0 Å². The highest BCUT2D eigenvalue weighted by molar-refractivity contribution is 6.01. The van der Waals surface area contributed by atoms with Gasteiger partial charge < -0.3 is 19.3 Å². The Morgan fingerprint density at radius 1 is 1.11 bits per heavy atom. The maximum Gasteiger partial charge on any atom is 0.411 e. The number of ketones is 1. The van der Waals surface area contributed by atoms with Crippen molar-refractivity contribution < 1.29 is 23.9 Å². The summed E-state index contributed by atoms with van der Waals surface area (Å²) in [6.45, 7) is 5.61. The Kier molecular flexibility index (Phi) is 6.31. The number of carbonyl (C=O) groups is 3. The molecule has 5 aliphatic rings. The first kappa shape index (κ1) is 24.2. The van der Waals surface area contributed by atoms with Gasteiger partial charge in [0.15, 0.2) is 11.4 Å². The monoisotopic (exact) mass is 505 g/mol. The Balaban J connectivity index is 1.18. The molecule has 0 N–H and O–H groups in total. The number of fused-ring (bicyclic) bond motifs is 2. The number of Topliss-reactive ketones (excluding diaryl/α,β-unsaturated/α-hetero) is 1. The zero-order chi connectivity index (χ0) is 25.6. The number of amides is 2. The van der Waals surface area contributed by atoms with Crippen molar-refractivity contribution in [2.45, 2.75) is 50.8 Å². The van der Waals surface area contributed by atoms with E-state index in [2.05, 4.69) is 11.8 Å². The molecular formula is C29H35N3O5. The van der Waals surface area contributed by atoms with Crippen molar-refractivity contribution in [3.05, 3.63) is 59.3 Å². The van der Waals surface area contributed by atoms with Gasteiger partial charge in [0.1, 0.15) is 6.54 Å². The van der Waals surface area contributed by atoms with Crippen LogP contribution in [0.2, 0.25) is 0 Å². The van der Waals surface area contributed by atoms with E-state index in [0.29, 0.717) is 58.2 Å². The fourth-order valence-electron chi connectivity index (χ4n) is 6.39. The average molecular weight is 506 g/mol. The van der Waals surface area contributed by atoms with E-state index in [0.717, 1.165) is 29.7 Å². The van der Waals surface area contributed by atoms with Gasteiger partial charge in [-0.3, -0.25) is 14.5 Å². The summed E-state index contributed by atoms with van der Waals surface area (Å²) in [5, 5.41) is 0. The number of nitrogens with zero attached hydrogens (tertiary/aromatic N) is 3. The van der Waals surface area contributed by atoms with E-state index < -0.39 is 11.7 Å². The highest BCUT2D eigenvalue weighted by atomic mass is 16.6. The van der Waals surface area contributed by atoms with E-state index in [9.17, 15) is 14.4 Å². The standard InChI is InChI=1S/C29H35N3O5/c1-20(22-7-8-22)32(17-21-5-3-2-4-6-21)26(33)18-31-19-29(37-28(31)35)12-11-23-24(29)9-10-25(27(23)34)30-13-15-36-16-14-30/h2-6,9-10,20,22-23H,7-8,11-19H2,1H3/t20-,23?,29?/m0/s1. The molecule has 0 aromatic heterocycles. The van der Waals surface area contributed by atoms with Crippen LogP contribution in [0.3, 0.4) is 0 Å². The Hall–Kier alpha value is -3.13. The summed E-state index contributed by atoms with van der Waals surface area (Å²) >= 11 is 0. The van der Waals surface area contributed by atoms with Crippen LogP contribution in [0.4, 0.5) is 4.79 Å². The third-order valence-corrected chi connectivity index (χ3v) is 8.71. The normalized spacial score (nSPS) is 28.1. The summed E-state index contributed by atoms with van der Waals surface area (Å²) < 4.78 is 11.4. The lowest BCUT2D eigenvalue weighted by atomic mass is 9.85. The van der Waals surface area contributed by atoms with Crippen molar-refractivity contribution in [2.75, 3.05) is 39.4 Å². The fourth-order valence-corrected chi connectivity index (χ4v) is 6.39. The molecule has 6 rings (SSSR count). The second kappa shape index (κ2) is 9.63. The zero-order valence-electron chi connectivity index (χ0n) is 21.4. The smallest absolute Gasteiger partial charge is 0.411 e. The van der Waals surface area contributed by atoms with Gasteiger partial charge in [0.2, 0.25) is 5.91 Å². The van der Waals surface area contributed by atoms with Gasteiger partial charge in [-0.25, -0.2) is 4.79 Å². The van der Waals surface area contributed by atoms with Gasteiger partial charge in [0.05, 0.1) is 25.5 Å². The molecule has 4 fully saturated rings. The number of morpholine rings is 1. The van der Waals surface area contributed by atoms with E-state index in [-0.39, 0.29) is 30.2 Å². The number of hydrogen-bond acceptors (Lipinski definition) is 6. The van der Waals surface area contributed by atoms with Crippen LogP contribution in [-0.4, -0.2) is 83.5 Å². The predicted molar refractivity (Wildman–Crippen MR) is 136 cm³/mol. The lowest BCUT2D eigenvalue weighted by molar-refractivity contribution is -0.135. The molecule has 0 bridgehead atoms. The molecule has 3 atom stereocenters. The van der Waals surface area contributed by atoms with Crippen LogP contribution < -0.4 is 0 Å². The van der Waals surface area contributed by atoms with E-state index >= 15 is 0 Å². The Morgan fingerprint density at radius 3 is 2.59 bits per heavy atom. The van der Waals surface area contributed by atoms with Crippen molar-refractivity contribution >= 4 is 17.8 Å². The number of hydrogen-bond donors (Lipinski definition) is 0.